The maximum Gasteiger partial charge on any atom is 0.137 e. The van der Waals surface area contributed by atoms with Gasteiger partial charge in [0, 0.05) is 16.5 Å². The number of nitrogens with two attached hydrogens (primary N) is 1. The molecular formula is C12H14N2O2S. The molecule has 2 aromatic rings. The normalized spacial score (nSPS) is 12.2. The van der Waals surface area contributed by atoms with Crippen LogP contribution in [-0.4, -0.2) is 19.2 Å². The molecule has 2 N–H and O–H groups in total. The van der Waals surface area contributed by atoms with Crippen LogP contribution < -0.4 is 15.2 Å². The minimum absolute atomic E-state index is 0.202. The quantitative estimate of drug-likeness (QED) is 0.903. The highest BCUT2D eigenvalue weighted by atomic mass is 32.1. The Kier molecular flexibility index (Phi) is 3.61. The minimum Gasteiger partial charge on any atom is -0.496 e. The van der Waals surface area contributed by atoms with E-state index in [0.717, 1.165) is 16.2 Å². The van der Waals surface area contributed by atoms with Crippen LogP contribution >= 0.6 is 11.3 Å². The maximum absolute atomic E-state index is 6.17. The number of methoxy groups -OCH3 is 2. The first kappa shape index (κ1) is 11.9. The second-order valence-corrected chi connectivity index (χ2v) is 4.47. The number of nitrogens with zero attached hydrogens (tertiary/aromatic N) is 1. The van der Waals surface area contributed by atoms with Crippen LogP contribution in [0.15, 0.2) is 29.9 Å². The lowest BCUT2D eigenvalue weighted by Gasteiger charge is -2.10. The molecule has 0 amide bonds. The third kappa shape index (κ3) is 2.57. The van der Waals surface area contributed by atoms with E-state index in [-0.39, 0.29) is 6.04 Å². The van der Waals surface area contributed by atoms with E-state index in [1.807, 2.05) is 17.5 Å². The van der Waals surface area contributed by atoms with Crippen molar-refractivity contribution in [1.82, 2.24) is 4.98 Å². The molecule has 2 rings (SSSR count). The molecule has 90 valence electrons. The summed E-state index contributed by atoms with van der Waals surface area (Å²) < 4.78 is 10.3. The number of hydrogen-bond acceptors (Lipinski definition) is 5. The van der Waals surface area contributed by atoms with E-state index >= 15 is 0 Å². The fraction of sp³-hybridized carbons (Fsp3) is 0.250. The highest BCUT2D eigenvalue weighted by Crippen LogP contribution is 2.30. The zero-order chi connectivity index (χ0) is 12.3. The van der Waals surface area contributed by atoms with Gasteiger partial charge in [-0.3, -0.25) is 4.98 Å². The van der Waals surface area contributed by atoms with Crippen LogP contribution in [0.4, 0.5) is 0 Å². The monoisotopic (exact) mass is 250 g/mol. The SMILES string of the molecule is COc1cncc(C(N)c2cc(OC)cs2)c1. The Morgan fingerprint density at radius 1 is 1.18 bits per heavy atom. The second kappa shape index (κ2) is 5.16. The molecule has 17 heavy (non-hydrogen) atoms. The van der Waals surface area contributed by atoms with Crippen molar-refractivity contribution < 1.29 is 9.47 Å². The number of rotatable bonds is 4. The summed E-state index contributed by atoms with van der Waals surface area (Å²) in [5.41, 5.74) is 7.09. The van der Waals surface area contributed by atoms with E-state index in [1.54, 1.807) is 38.0 Å². The van der Waals surface area contributed by atoms with E-state index in [1.165, 1.54) is 0 Å². The highest BCUT2D eigenvalue weighted by Gasteiger charge is 2.13. The molecule has 0 aliphatic heterocycles. The van der Waals surface area contributed by atoms with Gasteiger partial charge in [-0.15, -0.1) is 11.3 Å². The van der Waals surface area contributed by atoms with Gasteiger partial charge >= 0.3 is 0 Å². The Hall–Kier alpha value is -1.59. The fourth-order valence-corrected chi connectivity index (χ4v) is 2.37. The van der Waals surface area contributed by atoms with Crippen molar-refractivity contribution in [2.75, 3.05) is 14.2 Å². The van der Waals surface area contributed by atoms with Crippen LogP contribution in [-0.2, 0) is 0 Å². The summed E-state index contributed by atoms with van der Waals surface area (Å²) >= 11 is 1.57. The lowest BCUT2D eigenvalue weighted by atomic mass is 10.1. The number of ether oxygens (including phenoxy) is 2. The van der Waals surface area contributed by atoms with Crippen LogP contribution in [0.1, 0.15) is 16.5 Å². The van der Waals surface area contributed by atoms with Crippen molar-refractivity contribution >= 4 is 11.3 Å². The van der Waals surface area contributed by atoms with Crippen molar-refractivity contribution in [1.29, 1.82) is 0 Å². The predicted molar refractivity (Wildman–Crippen MR) is 67.7 cm³/mol. The van der Waals surface area contributed by atoms with Crippen molar-refractivity contribution in [3.8, 4) is 11.5 Å². The molecule has 4 nitrogen and oxygen atoms in total. The molecule has 0 saturated carbocycles. The number of hydrogen-bond donors (Lipinski definition) is 1. The van der Waals surface area contributed by atoms with E-state index in [2.05, 4.69) is 4.98 Å². The molecule has 0 saturated heterocycles. The molecule has 5 heteroatoms. The van der Waals surface area contributed by atoms with Crippen molar-refractivity contribution in [2.24, 2.45) is 5.73 Å². The van der Waals surface area contributed by atoms with Gasteiger partial charge in [-0.1, -0.05) is 0 Å². The zero-order valence-electron chi connectivity index (χ0n) is 9.71. The molecule has 0 aromatic carbocycles. The maximum atomic E-state index is 6.17. The summed E-state index contributed by atoms with van der Waals surface area (Å²) in [7, 11) is 3.25. The summed E-state index contributed by atoms with van der Waals surface area (Å²) in [5.74, 6) is 1.54. The van der Waals surface area contributed by atoms with Crippen LogP contribution in [0, 0.1) is 0 Å². The van der Waals surface area contributed by atoms with Gasteiger partial charge in [-0.05, 0) is 17.7 Å². The average Bonchev–Trinajstić information content (AvgIpc) is 2.86. The minimum atomic E-state index is -0.202. The van der Waals surface area contributed by atoms with Gasteiger partial charge in [-0.2, -0.15) is 0 Å². The largest absolute Gasteiger partial charge is 0.496 e. The summed E-state index contributed by atoms with van der Waals surface area (Å²) in [6, 6.07) is 3.63. The molecule has 0 aliphatic carbocycles. The summed E-state index contributed by atoms with van der Waals surface area (Å²) in [6.07, 6.45) is 3.41. The van der Waals surface area contributed by atoms with E-state index in [9.17, 15) is 0 Å². The Morgan fingerprint density at radius 2 is 1.94 bits per heavy atom. The number of aromatic nitrogens is 1. The molecular weight excluding hydrogens is 236 g/mol. The molecule has 1 unspecified atom stereocenters. The standard InChI is InChI=1S/C12H14N2O2S/c1-15-9-3-8(5-14-6-9)12(13)11-4-10(16-2)7-17-11/h3-7,12H,13H2,1-2H3. The summed E-state index contributed by atoms with van der Waals surface area (Å²) in [4.78, 5) is 5.14. The van der Waals surface area contributed by atoms with Crippen LogP contribution in [0.25, 0.3) is 0 Å². The van der Waals surface area contributed by atoms with E-state index in [0.29, 0.717) is 5.75 Å². The van der Waals surface area contributed by atoms with Gasteiger partial charge in [0.25, 0.3) is 0 Å². The predicted octanol–water partition coefficient (Wildman–Crippen LogP) is 2.21. The third-order valence-electron chi connectivity index (χ3n) is 2.47. The second-order valence-electron chi connectivity index (χ2n) is 3.52. The van der Waals surface area contributed by atoms with Crippen LogP contribution in [0.2, 0.25) is 0 Å². The Bertz CT molecular complexity index is 499. The van der Waals surface area contributed by atoms with Gasteiger partial charge in [0.05, 0.1) is 26.5 Å². The van der Waals surface area contributed by atoms with E-state index < -0.39 is 0 Å². The lowest BCUT2D eigenvalue weighted by Crippen LogP contribution is -2.10. The molecule has 0 aliphatic rings. The van der Waals surface area contributed by atoms with Gasteiger partial charge in [0.2, 0.25) is 0 Å². The van der Waals surface area contributed by atoms with Gasteiger partial charge in [0.1, 0.15) is 11.5 Å². The van der Waals surface area contributed by atoms with Crippen molar-refractivity contribution in [3.63, 3.8) is 0 Å². The van der Waals surface area contributed by atoms with Crippen LogP contribution in [0.3, 0.4) is 0 Å². The summed E-state index contributed by atoms with van der Waals surface area (Å²) in [6.45, 7) is 0. The first-order valence-corrected chi connectivity index (χ1v) is 5.99. The van der Waals surface area contributed by atoms with Gasteiger partial charge in [-0.25, -0.2) is 0 Å². The molecule has 0 radical (unpaired) electrons. The smallest absolute Gasteiger partial charge is 0.137 e. The molecule has 0 fully saturated rings. The molecule has 0 spiro atoms. The average molecular weight is 250 g/mol. The lowest BCUT2D eigenvalue weighted by molar-refractivity contribution is 0.412. The van der Waals surface area contributed by atoms with Crippen molar-refractivity contribution in [3.05, 3.63) is 40.3 Å². The van der Waals surface area contributed by atoms with Crippen LogP contribution in [0.5, 0.6) is 11.5 Å². The highest BCUT2D eigenvalue weighted by molar-refractivity contribution is 7.10. The topological polar surface area (TPSA) is 57.4 Å². The van der Waals surface area contributed by atoms with Gasteiger partial charge in [0.15, 0.2) is 0 Å². The number of thiophene rings is 1. The van der Waals surface area contributed by atoms with E-state index in [4.69, 9.17) is 15.2 Å². The molecule has 2 aromatic heterocycles. The third-order valence-corrected chi connectivity index (χ3v) is 3.46. The molecule has 1 atom stereocenters. The zero-order valence-corrected chi connectivity index (χ0v) is 10.5. The van der Waals surface area contributed by atoms with Crippen molar-refractivity contribution in [2.45, 2.75) is 6.04 Å². The Balaban J connectivity index is 2.26. The molecule has 0 bridgehead atoms. The molecule has 2 heterocycles. The number of pyridine rings is 1. The van der Waals surface area contributed by atoms with Gasteiger partial charge < -0.3 is 15.2 Å². The first-order valence-electron chi connectivity index (χ1n) is 5.11. The summed E-state index contributed by atoms with van der Waals surface area (Å²) in [5, 5.41) is 1.93. The first-order chi connectivity index (χ1) is 8.24. The Morgan fingerprint density at radius 3 is 2.59 bits per heavy atom. The fourth-order valence-electron chi connectivity index (χ4n) is 1.49. The Labute approximate surface area is 104 Å².